The van der Waals surface area contributed by atoms with Crippen molar-refractivity contribution in [1.82, 2.24) is 4.90 Å². The van der Waals surface area contributed by atoms with Crippen molar-refractivity contribution in [3.05, 3.63) is 60.7 Å². The van der Waals surface area contributed by atoms with Crippen LogP contribution in [-0.4, -0.2) is 30.4 Å². The maximum absolute atomic E-state index is 12.4. The molecule has 0 aliphatic carbocycles. The quantitative estimate of drug-likeness (QED) is 0.419. The number of ether oxygens (including phenoxy) is 1. The molecule has 112 valence electrons. The van der Waals surface area contributed by atoms with Gasteiger partial charge in [-0.25, -0.2) is 0 Å². The number of nitrogens with zero attached hydrogens (tertiary/aromatic N) is 1. The Kier molecular flexibility index (Phi) is 6.95. The summed E-state index contributed by atoms with van der Waals surface area (Å²) in [6, 6.07) is 9.69. The van der Waals surface area contributed by atoms with E-state index in [4.69, 9.17) is 0 Å². The van der Waals surface area contributed by atoms with Crippen molar-refractivity contribution < 1.29 is 14.3 Å². The summed E-state index contributed by atoms with van der Waals surface area (Å²) in [5, 5.41) is 0. The topological polar surface area (TPSA) is 46.6 Å². The minimum atomic E-state index is -0.461. The van der Waals surface area contributed by atoms with Gasteiger partial charge >= 0.3 is 5.97 Å². The second kappa shape index (κ2) is 8.74. The third kappa shape index (κ3) is 5.65. The number of benzene rings is 1. The Labute approximate surface area is 125 Å². The highest BCUT2D eigenvalue weighted by atomic mass is 16.5. The van der Waals surface area contributed by atoms with E-state index in [1.807, 2.05) is 30.3 Å². The lowest BCUT2D eigenvalue weighted by atomic mass is 10.1. The maximum atomic E-state index is 12.4. The second-order valence-electron chi connectivity index (χ2n) is 4.65. The average molecular weight is 287 g/mol. The summed E-state index contributed by atoms with van der Waals surface area (Å²) in [4.78, 5) is 25.3. The highest BCUT2D eigenvalue weighted by molar-refractivity contribution is 5.97. The highest BCUT2D eigenvalue weighted by Gasteiger charge is 2.19. The molecule has 0 N–H and O–H groups in total. The Balaban J connectivity index is 2.76. The van der Waals surface area contributed by atoms with Gasteiger partial charge in [0.25, 0.3) is 0 Å². The summed E-state index contributed by atoms with van der Waals surface area (Å²) in [5.74, 6) is -0.692. The lowest BCUT2D eigenvalue weighted by Gasteiger charge is -2.23. The number of amides is 1. The van der Waals surface area contributed by atoms with Crippen LogP contribution >= 0.6 is 0 Å². The molecule has 0 fully saturated rings. The second-order valence-corrected chi connectivity index (χ2v) is 4.65. The molecule has 0 aromatic heterocycles. The van der Waals surface area contributed by atoms with Gasteiger partial charge in [-0.05, 0) is 12.0 Å². The van der Waals surface area contributed by atoms with Gasteiger partial charge in [-0.1, -0.05) is 43.0 Å². The number of esters is 1. The first kappa shape index (κ1) is 16.7. The Morgan fingerprint density at radius 2 is 1.95 bits per heavy atom. The molecule has 1 aromatic carbocycles. The first-order valence-corrected chi connectivity index (χ1v) is 6.77. The predicted molar refractivity (Wildman–Crippen MR) is 82.4 cm³/mol. The van der Waals surface area contributed by atoms with Crippen LogP contribution < -0.4 is 0 Å². The SMILES string of the molecule is C=CCCN(Cc1ccccc1)C(=O)C(=C)CC(=O)OC. The van der Waals surface area contributed by atoms with Crippen LogP contribution in [-0.2, 0) is 20.9 Å². The van der Waals surface area contributed by atoms with E-state index in [1.54, 1.807) is 11.0 Å². The molecule has 21 heavy (non-hydrogen) atoms. The lowest BCUT2D eigenvalue weighted by molar-refractivity contribution is -0.141. The molecule has 0 atom stereocenters. The van der Waals surface area contributed by atoms with Gasteiger partial charge < -0.3 is 9.64 Å². The molecule has 1 aromatic rings. The molecule has 1 rings (SSSR count). The molecule has 0 heterocycles. The molecule has 0 aliphatic rings. The molecule has 4 heteroatoms. The van der Waals surface area contributed by atoms with Crippen LogP contribution in [0, 0.1) is 0 Å². The third-order valence-corrected chi connectivity index (χ3v) is 2.99. The standard InChI is InChI=1S/C17H21NO3/c1-4-5-11-18(13-15-9-7-6-8-10-15)17(20)14(2)12-16(19)21-3/h4,6-10H,1-2,5,11-13H2,3H3. The zero-order chi connectivity index (χ0) is 15.7. The summed E-state index contributed by atoms with van der Waals surface area (Å²) >= 11 is 0. The monoisotopic (exact) mass is 287 g/mol. The van der Waals surface area contributed by atoms with E-state index in [1.165, 1.54) is 7.11 Å². The fourth-order valence-electron chi connectivity index (χ4n) is 1.85. The van der Waals surface area contributed by atoms with Gasteiger partial charge in [0, 0.05) is 18.7 Å². The lowest BCUT2D eigenvalue weighted by Crippen LogP contribution is -2.33. The molecule has 1 amide bonds. The highest BCUT2D eigenvalue weighted by Crippen LogP contribution is 2.11. The Morgan fingerprint density at radius 1 is 1.29 bits per heavy atom. The predicted octanol–water partition coefficient (Wildman–Crippen LogP) is 2.71. The average Bonchev–Trinajstić information content (AvgIpc) is 2.51. The Hall–Kier alpha value is -2.36. The van der Waals surface area contributed by atoms with Crippen LogP contribution in [0.3, 0.4) is 0 Å². The van der Waals surface area contributed by atoms with Crippen LogP contribution in [0.4, 0.5) is 0 Å². The molecule has 0 spiro atoms. The molecule has 0 bridgehead atoms. The number of methoxy groups -OCH3 is 1. The maximum Gasteiger partial charge on any atom is 0.310 e. The van der Waals surface area contributed by atoms with Gasteiger partial charge in [-0.15, -0.1) is 6.58 Å². The van der Waals surface area contributed by atoms with Crippen molar-refractivity contribution >= 4 is 11.9 Å². The Bertz CT molecular complexity index is 508. The van der Waals surface area contributed by atoms with Crippen molar-refractivity contribution in [2.75, 3.05) is 13.7 Å². The number of rotatable bonds is 8. The minimum Gasteiger partial charge on any atom is -0.469 e. The number of carbonyl (C=O) groups is 2. The van der Waals surface area contributed by atoms with Crippen molar-refractivity contribution in [3.8, 4) is 0 Å². The van der Waals surface area contributed by atoms with Crippen molar-refractivity contribution in [2.45, 2.75) is 19.4 Å². The van der Waals surface area contributed by atoms with E-state index in [0.29, 0.717) is 19.5 Å². The molecule has 4 nitrogen and oxygen atoms in total. The first-order chi connectivity index (χ1) is 10.1. The van der Waals surface area contributed by atoms with E-state index in [2.05, 4.69) is 17.9 Å². The van der Waals surface area contributed by atoms with Gasteiger partial charge in [-0.2, -0.15) is 0 Å². The van der Waals surface area contributed by atoms with Crippen LogP contribution in [0.1, 0.15) is 18.4 Å². The fourth-order valence-corrected chi connectivity index (χ4v) is 1.85. The number of hydrogen-bond acceptors (Lipinski definition) is 3. The molecule has 0 aliphatic heterocycles. The third-order valence-electron chi connectivity index (χ3n) is 2.99. The largest absolute Gasteiger partial charge is 0.469 e. The molecule has 0 saturated carbocycles. The minimum absolute atomic E-state index is 0.0886. The summed E-state index contributed by atoms with van der Waals surface area (Å²) in [5.41, 5.74) is 1.27. The van der Waals surface area contributed by atoms with Gasteiger partial charge in [0.05, 0.1) is 13.5 Å². The molecule has 0 saturated heterocycles. The smallest absolute Gasteiger partial charge is 0.310 e. The number of hydrogen-bond donors (Lipinski definition) is 0. The van der Waals surface area contributed by atoms with E-state index in [9.17, 15) is 9.59 Å². The zero-order valence-electron chi connectivity index (χ0n) is 12.4. The zero-order valence-corrected chi connectivity index (χ0v) is 12.4. The normalized spacial score (nSPS) is 9.76. The van der Waals surface area contributed by atoms with E-state index in [-0.39, 0.29) is 17.9 Å². The van der Waals surface area contributed by atoms with E-state index in [0.717, 1.165) is 5.56 Å². The van der Waals surface area contributed by atoms with E-state index >= 15 is 0 Å². The number of carbonyl (C=O) groups excluding carboxylic acids is 2. The molecular formula is C17H21NO3. The summed E-state index contributed by atoms with van der Waals surface area (Å²) in [7, 11) is 1.29. The van der Waals surface area contributed by atoms with Gasteiger partial charge in [0.2, 0.25) is 5.91 Å². The molecule has 0 radical (unpaired) electrons. The summed E-state index contributed by atoms with van der Waals surface area (Å²) in [6.45, 7) is 8.39. The van der Waals surface area contributed by atoms with Crippen molar-refractivity contribution in [1.29, 1.82) is 0 Å². The van der Waals surface area contributed by atoms with Gasteiger partial charge in [-0.3, -0.25) is 9.59 Å². The molecular weight excluding hydrogens is 266 g/mol. The van der Waals surface area contributed by atoms with E-state index < -0.39 is 5.97 Å². The van der Waals surface area contributed by atoms with Crippen LogP contribution in [0.5, 0.6) is 0 Å². The van der Waals surface area contributed by atoms with Gasteiger partial charge in [0.1, 0.15) is 0 Å². The first-order valence-electron chi connectivity index (χ1n) is 6.77. The van der Waals surface area contributed by atoms with Crippen LogP contribution in [0.2, 0.25) is 0 Å². The van der Waals surface area contributed by atoms with Crippen LogP contribution in [0.15, 0.2) is 55.1 Å². The van der Waals surface area contributed by atoms with Gasteiger partial charge in [0.15, 0.2) is 0 Å². The fraction of sp³-hybridized carbons (Fsp3) is 0.294. The Morgan fingerprint density at radius 3 is 2.52 bits per heavy atom. The summed E-state index contributed by atoms with van der Waals surface area (Å²) < 4.78 is 4.56. The van der Waals surface area contributed by atoms with Crippen molar-refractivity contribution in [2.24, 2.45) is 0 Å². The van der Waals surface area contributed by atoms with Crippen LogP contribution in [0.25, 0.3) is 0 Å². The van der Waals surface area contributed by atoms with Crippen molar-refractivity contribution in [3.63, 3.8) is 0 Å². The summed E-state index contributed by atoms with van der Waals surface area (Å²) in [6.07, 6.45) is 2.35. The molecule has 0 unspecified atom stereocenters.